The standard InChI is InChI=1S/C10H15N3O5.C6H6N2O3/c11-9-3-7(13(17)18)1-2-10(9)12(6-16)8(4-14)5-15;7-5-2-1-4(8(10)11)3-6(5)9/h1-3,8,14-16H,4-6,11H2;1-3,9H,7H2. The van der Waals surface area contributed by atoms with Crippen LogP contribution in [0.5, 0.6) is 5.75 Å². The fourth-order valence-electron chi connectivity index (χ4n) is 2.21. The van der Waals surface area contributed by atoms with Gasteiger partial charge in [-0.3, -0.25) is 20.2 Å². The number of benzene rings is 2. The van der Waals surface area contributed by atoms with Gasteiger partial charge in [-0.1, -0.05) is 0 Å². The first-order valence-corrected chi connectivity index (χ1v) is 8.02. The molecule has 0 atom stereocenters. The first-order valence-electron chi connectivity index (χ1n) is 8.02. The summed E-state index contributed by atoms with van der Waals surface area (Å²) in [6.07, 6.45) is 0. The number of nitrogens with two attached hydrogens (primary N) is 2. The van der Waals surface area contributed by atoms with E-state index in [0.717, 1.165) is 12.1 Å². The fraction of sp³-hybridized carbons (Fsp3) is 0.250. The Morgan fingerprint density at radius 3 is 1.83 bits per heavy atom. The zero-order valence-corrected chi connectivity index (χ0v) is 15.1. The van der Waals surface area contributed by atoms with Crippen molar-refractivity contribution >= 4 is 28.4 Å². The van der Waals surface area contributed by atoms with E-state index in [9.17, 15) is 25.3 Å². The largest absolute Gasteiger partial charge is 0.506 e. The Hall–Kier alpha value is -3.68. The quantitative estimate of drug-likeness (QED) is 0.118. The van der Waals surface area contributed by atoms with Gasteiger partial charge in [-0.15, -0.1) is 0 Å². The molecule has 2 rings (SSSR count). The number of hydrogen-bond acceptors (Lipinski definition) is 11. The van der Waals surface area contributed by atoms with Crippen LogP contribution in [-0.2, 0) is 0 Å². The summed E-state index contributed by atoms with van der Waals surface area (Å²) in [6.45, 7) is -1.24. The van der Waals surface area contributed by atoms with Crippen LogP contribution < -0.4 is 16.4 Å². The average molecular weight is 411 g/mol. The molecule has 0 fully saturated rings. The van der Waals surface area contributed by atoms with Gasteiger partial charge in [0, 0.05) is 18.2 Å². The number of nitro benzene ring substituents is 2. The molecule has 2 aromatic rings. The first kappa shape index (κ1) is 23.4. The molecule has 13 heteroatoms. The molecular weight excluding hydrogens is 390 g/mol. The topological polar surface area (TPSA) is 222 Å². The van der Waals surface area contributed by atoms with Gasteiger partial charge in [-0.05, 0) is 12.1 Å². The molecule has 0 saturated heterocycles. The van der Waals surface area contributed by atoms with Gasteiger partial charge in [0.05, 0.1) is 52.2 Å². The summed E-state index contributed by atoms with van der Waals surface area (Å²) >= 11 is 0. The molecule has 13 nitrogen and oxygen atoms in total. The Morgan fingerprint density at radius 2 is 1.41 bits per heavy atom. The number of nitrogens with zero attached hydrogens (tertiary/aromatic N) is 3. The predicted octanol–water partition coefficient (Wildman–Crippen LogP) is 0.169. The molecule has 0 aromatic heterocycles. The highest BCUT2D eigenvalue weighted by Gasteiger charge is 2.20. The molecule has 2 aromatic carbocycles. The number of nitrogen functional groups attached to an aromatic ring is 2. The normalized spacial score (nSPS) is 10.2. The smallest absolute Gasteiger partial charge is 0.273 e. The van der Waals surface area contributed by atoms with Crippen molar-refractivity contribution in [1.82, 2.24) is 0 Å². The molecule has 0 unspecified atom stereocenters. The Morgan fingerprint density at radius 1 is 0.897 bits per heavy atom. The molecule has 0 saturated carbocycles. The summed E-state index contributed by atoms with van der Waals surface area (Å²) in [5, 5.41) is 56.9. The van der Waals surface area contributed by atoms with Crippen molar-refractivity contribution in [2.75, 3.05) is 36.3 Å². The number of phenols is 1. The third-order valence-corrected chi connectivity index (χ3v) is 3.77. The van der Waals surface area contributed by atoms with Crippen molar-refractivity contribution in [1.29, 1.82) is 0 Å². The van der Waals surface area contributed by atoms with E-state index >= 15 is 0 Å². The van der Waals surface area contributed by atoms with E-state index < -0.39 is 22.6 Å². The van der Waals surface area contributed by atoms with Crippen LogP contribution in [-0.4, -0.2) is 56.3 Å². The summed E-state index contributed by atoms with van der Waals surface area (Å²) in [6, 6.07) is 6.56. The predicted molar refractivity (Wildman–Crippen MR) is 104 cm³/mol. The van der Waals surface area contributed by atoms with E-state index in [2.05, 4.69) is 0 Å². The van der Waals surface area contributed by atoms with Crippen LogP contribution in [0.15, 0.2) is 36.4 Å². The van der Waals surface area contributed by atoms with E-state index in [1.807, 2.05) is 0 Å². The summed E-state index contributed by atoms with van der Waals surface area (Å²) in [7, 11) is 0. The summed E-state index contributed by atoms with van der Waals surface area (Å²) in [5.41, 5.74) is 11.1. The molecule has 0 heterocycles. The van der Waals surface area contributed by atoms with Gasteiger partial charge in [0.1, 0.15) is 12.5 Å². The molecule has 0 bridgehead atoms. The highest BCUT2D eigenvalue weighted by atomic mass is 16.6. The number of aromatic hydroxyl groups is 1. The maximum atomic E-state index is 10.6. The van der Waals surface area contributed by atoms with Crippen molar-refractivity contribution in [3.8, 4) is 5.75 Å². The molecule has 0 aliphatic rings. The third kappa shape index (κ3) is 6.17. The molecule has 0 aliphatic carbocycles. The van der Waals surface area contributed by atoms with Crippen LogP contribution in [0.25, 0.3) is 0 Å². The maximum Gasteiger partial charge on any atom is 0.273 e. The van der Waals surface area contributed by atoms with Gasteiger partial charge in [-0.2, -0.15) is 0 Å². The van der Waals surface area contributed by atoms with Crippen LogP contribution in [0.2, 0.25) is 0 Å². The zero-order chi connectivity index (χ0) is 22.1. The summed E-state index contributed by atoms with van der Waals surface area (Å²) in [5.74, 6) is -0.265. The number of aliphatic hydroxyl groups is 3. The lowest BCUT2D eigenvalue weighted by atomic mass is 10.2. The number of non-ortho nitro benzene ring substituents is 2. The lowest BCUT2D eigenvalue weighted by Crippen LogP contribution is -2.41. The van der Waals surface area contributed by atoms with Gasteiger partial charge in [0.15, 0.2) is 0 Å². The number of nitro groups is 2. The second-order valence-corrected chi connectivity index (χ2v) is 5.63. The molecule has 0 radical (unpaired) electrons. The van der Waals surface area contributed by atoms with E-state index in [4.69, 9.17) is 26.8 Å². The van der Waals surface area contributed by atoms with Crippen LogP contribution in [0.3, 0.4) is 0 Å². The van der Waals surface area contributed by atoms with Gasteiger partial charge in [0.2, 0.25) is 0 Å². The Balaban J connectivity index is 0.000000326. The molecular formula is C16H21N5O8. The molecule has 8 N–H and O–H groups in total. The van der Waals surface area contributed by atoms with E-state index in [1.165, 1.54) is 29.2 Å². The van der Waals surface area contributed by atoms with Gasteiger partial charge >= 0.3 is 0 Å². The minimum absolute atomic E-state index is 0.0881. The molecule has 158 valence electrons. The van der Waals surface area contributed by atoms with E-state index in [0.29, 0.717) is 5.69 Å². The highest BCUT2D eigenvalue weighted by molar-refractivity contribution is 5.71. The van der Waals surface area contributed by atoms with Gasteiger partial charge < -0.3 is 36.8 Å². The number of phenolic OH excluding ortho intramolecular Hbond substituents is 1. The second-order valence-electron chi connectivity index (χ2n) is 5.63. The zero-order valence-electron chi connectivity index (χ0n) is 15.1. The van der Waals surface area contributed by atoms with Crippen molar-refractivity contribution in [3.63, 3.8) is 0 Å². The SMILES string of the molecule is Nc1cc([N+](=O)[O-])ccc1N(CO)C(CO)CO.Nc1ccc([N+](=O)[O-])cc1O. The number of aliphatic hydroxyl groups excluding tert-OH is 3. The van der Waals surface area contributed by atoms with Crippen LogP contribution >= 0.6 is 0 Å². The number of anilines is 3. The van der Waals surface area contributed by atoms with Crippen LogP contribution in [0, 0.1) is 20.2 Å². The van der Waals surface area contributed by atoms with Gasteiger partial charge in [-0.25, -0.2) is 0 Å². The van der Waals surface area contributed by atoms with Crippen molar-refractivity contribution in [2.45, 2.75) is 6.04 Å². The Bertz CT molecular complexity index is 859. The van der Waals surface area contributed by atoms with Crippen molar-refractivity contribution < 1.29 is 30.3 Å². The van der Waals surface area contributed by atoms with Crippen molar-refractivity contribution in [3.05, 3.63) is 56.6 Å². The van der Waals surface area contributed by atoms with E-state index in [-0.39, 0.29) is 41.7 Å². The average Bonchev–Trinajstić information content (AvgIpc) is 2.68. The lowest BCUT2D eigenvalue weighted by molar-refractivity contribution is -0.385. The number of hydrogen-bond donors (Lipinski definition) is 6. The van der Waals surface area contributed by atoms with Gasteiger partial charge in [0.25, 0.3) is 11.4 Å². The minimum atomic E-state index is -0.723. The first-order chi connectivity index (χ1) is 13.7. The summed E-state index contributed by atoms with van der Waals surface area (Å²) in [4.78, 5) is 20.8. The van der Waals surface area contributed by atoms with E-state index in [1.54, 1.807) is 0 Å². The van der Waals surface area contributed by atoms with Crippen LogP contribution in [0.1, 0.15) is 0 Å². The van der Waals surface area contributed by atoms with Crippen molar-refractivity contribution in [2.24, 2.45) is 0 Å². The third-order valence-electron chi connectivity index (χ3n) is 3.77. The molecule has 0 aliphatic heterocycles. The second kappa shape index (κ2) is 10.6. The Kier molecular flexibility index (Phi) is 8.54. The maximum absolute atomic E-state index is 10.6. The molecule has 29 heavy (non-hydrogen) atoms. The minimum Gasteiger partial charge on any atom is -0.506 e. The molecule has 0 spiro atoms. The Labute approximate surface area is 164 Å². The lowest BCUT2D eigenvalue weighted by Gasteiger charge is -2.30. The molecule has 0 amide bonds. The highest BCUT2D eigenvalue weighted by Crippen LogP contribution is 2.28. The fourth-order valence-corrected chi connectivity index (χ4v) is 2.21. The van der Waals surface area contributed by atoms with Crippen LogP contribution in [0.4, 0.5) is 28.4 Å². The number of rotatable bonds is 7. The summed E-state index contributed by atoms with van der Waals surface area (Å²) < 4.78 is 0. The monoisotopic (exact) mass is 411 g/mol.